The Bertz CT molecular complexity index is 770. The van der Waals surface area contributed by atoms with Gasteiger partial charge in [0.25, 0.3) is 0 Å². The van der Waals surface area contributed by atoms with Crippen molar-refractivity contribution in [2.24, 2.45) is 0 Å². The zero-order valence-corrected chi connectivity index (χ0v) is 15.3. The SMILES string of the molecule is O=C(CSc1n[nH]c(-c2ccccc2F)n1)NC1CCN(C2CC2)CC1. The lowest BCUT2D eigenvalue weighted by atomic mass is 10.1. The number of thioether (sulfide) groups is 1. The fourth-order valence-electron chi connectivity index (χ4n) is 3.33. The minimum absolute atomic E-state index is 0.00267. The third-order valence-corrected chi connectivity index (χ3v) is 5.73. The largest absolute Gasteiger partial charge is 0.353 e. The zero-order chi connectivity index (χ0) is 17.9. The maximum absolute atomic E-state index is 13.8. The van der Waals surface area contributed by atoms with Crippen LogP contribution in [0.4, 0.5) is 4.39 Å². The van der Waals surface area contributed by atoms with E-state index in [1.54, 1.807) is 18.2 Å². The van der Waals surface area contributed by atoms with Gasteiger partial charge in [-0.05, 0) is 37.8 Å². The Labute approximate surface area is 156 Å². The summed E-state index contributed by atoms with van der Waals surface area (Å²) in [5.74, 6) is 0.281. The van der Waals surface area contributed by atoms with Gasteiger partial charge in [0.15, 0.2) is 5.82 Å². The average molecular weight is 375 g/mol. The second-order valence-corrected chi connectivity index (χ2v) is 7.79. The highest BCUT2D eigenvalue weighted by atomic mass is 32.2. The molecule has 4 rings (SSSR count). The summed E-state index contributed by atoms with van der Waals surface area (Å²) in [5, 5.41) is 10.3. The summed E-state index contributed by atoms with van der Waals surface area (Å²) in [6.45, 7) is 2.16. The molecule has 6 nitrogen and oxygen atoms in total. The number of hydrogen-bond donors (Lipinski definition) is 2. The lowest BCUT2D eigenvalue weighted by molar-refractivity contribution is -0.119. The zero-order valence-electron chi connectivity index (χ0n) is 14.4. The Hall–Kier alpha value is -1.93. The van der Waals surface area contributed by atoms with Gasteiger partial charge < -0.3 is 10.2 Å². The van der Waals surface area contributed by atoms with Crippen LogP contribution in [0.2, 0.25) is 0 Å². The molecule has 1 aromatic heterocycles. The summed E-state index contributed by atoms with van der Waals surface area (Å²) in [4.78, 5) is 19.0. The third kappa shape index (κ3) is 4.24. The molecule has 1 aliphatic heterocycles. The average Bonchev–Trinajstić information content (AvgIpc) is 3.39. The molecule has 0 radical (unpaired) electrons. The lowest BCUT2D eigenvalue weighted by Crippen LogP contribution is -2.45. The molecule has 2 aromatic rings. The van der Waals surface area contributed by atoms with Crippen molar-refractivity contribution in [1.29, 1.82) is 0 Å². The number of aromatic nitrogens is 3. The Morgan fingerprint density at radius 3 is 2.77 bits per heavy atom. The number of piperidine rings is 1. The summed E-state index contributed by atoms with van der Waals surface area (Å²) < 4.78 is 13.8. The van der Waals surface area contributed by atoms with Crippen molar-refractivity contribution >= 4 is 17.7 Å². The van der Waals surface area contributed by atoms with E-state index in [0.29, 0.717) is 16.5 Å². The normalized spacial score (nSPS) is 18.8. The van der Waals surface area contributed by atoms with E-state index in [0.717, 1.165) is 32.0 Å². The number of aromatic amines is 1. The van der Waals surface area contributed by atoms with Crippen LogP contribution >= 0.6 is 11.8 Å². The molecule has 138 valence electrons. The lowest BCUT2D eigenvalue weighted by Gasteiger charge is -2.32. The molecule has 26 heavy (non-hydrogen) atoms. The molecule has 1 saturated carbocycles. The number of halogens is 1. The van der Waals surface area contributed by atoms with E-state index in [-0.39, 0.29) is 23.5 Å². The Morgan fingerprint density at radius 2 is 2.04 bits per heavy atom. The van der Waals surface area contributed by atoms with Gasteiger partial charge in [-0.2, -0.15) is 0 Å². The number of amides is 1. The second kappa shape index (κ2) is 7.75. The number of hydrogen-bond acceptors (Lipinski definition) is 5. The first-order chi connectivity index (χ1) is 12.7. The quantitative estimate of drug-likeness (QED) is 0.759. The van der Waals surface area contributed by atoms with Gasteiger partial charge >= 0.3 is 0 Å². The molecule has 1 amide bonds. The Balaban J connectivity index is 1.24. The van der Waals surface area contributed by atoms with Crippen molar-refractivity contribution in [3.05, 3.63) is 30.1 Å². The van der Waals surface area contributed by atoms with E-state index in [1.807, 2.05) is 0 Å². The molecule has 2 fully saturated rings. The molecule has 2 heterocycles. The maximum atomic E-state index is 13.8. The van der Waals surface area contributed by atoms with Gasteiger partial charge in [-0.3, -0.25) is 9.89 Å². The molecule has 2 N–H and O–H groups in total. The standard InChI is InChI=1S/C18H22FN5OS/c19-15-4-2-1-3-14(15)17-21-18(23-22-17)26-11-16(25)20-12-7-9-24(10-8-12)13-5-6-13/h1-4,12-13H,5-11H2,(H,20,25)(H,21,22,23). The molecule has 0 unspecified atom stereocenters. The number of nitrogens with one attached hydrogen (secondary N) is 2. The molecule has 1 aliphatic carbocycles. The van der Waals surface area contributed by atoms with Crippen LogP contribution in [0.25, 0.3) is 11.4 Å². The van der Waals surface area contributed by atoms with Crippen molar-refractivity contribution in [3.8, 4) is 11.4 Å². The summed E-state index contributed by atoms with van der Waals surface area (Å²) >= 11 is 1.26. The molecule has 1 aromatic carbocycles. The van der Waals surface area contributed by atoms with E-state index < -0.39 is 0 Å². The highest BCUT2D eigenvalue weighted by Crippen LogP contribution is 2.29. The van der Waals surface area contributed by atoms with Gasteiger partial charge in [-0.1, -0.05) is 23.9 Å². The van der Waals surface area contributed by atoms with Crippen LogP contribution in [0.3, 0.4) is 0 Å². The fourth-order valence-corrected chi connectivity index (χ4v) is 3.94. The predicted molar refractivity (Wildman–Crippen MR) is 98.3 cm³/mol. The first-order valence-corrected chi connectivity index (χ1v) is 10.0. The molecular formula is C18H22FN5OS. The first-order valence-electron chi connectivity index (χ1n) is 9.02. The first kappa shape index (κ1) is 17.5. The molecular weight excluding hydrogens is 353 g/mol. The smallest absolute Gasteiger partial charge is 0.230 e. The van der Waals surface area contributed by atoms with Crippen molar-refractivity contribution in [3.63, 3.8) is 0 Å². The summed E-state index contributed by atoms with van der Waals surface area (Å²) in [6.07, 6.45) is 4.70. The highest BCUT2D eigenvalue weighted by molar-refractivity contribution is 7.99. The number of likely N-dealkylation sites (tertiary alicyclic amines) is 1. The van der Waals surface area contributed by atoms with Crippen LogP contribution in [0.15, 0.2) is 29.4 Å². The Kier molecular flexibility index (Phi) is 5.21. The van der Waals surface area contributed by atoms with Gasteiger partial charge in [-0.15, -0.1) is 5.10 Å². The molecule has 8 heteroatoms. The van der Waals surface area contributed by atoms with Gasteiger partial charge in [0, 0.05) is 25.2 Å². The number of benzene rings is 1. The van der Waals surface area contributed by atoms with Crippen LogP contribution in [0.5, 0.6) is 0 Å². The van der Waals surface area contributed by atoms with Crippen molar-refractivity contribution in [1.82, 2.24) is 25.4 Å². The fraction of sp³-hybridized carbons (Fsp3) is 0.500. The van der Waals surface area contributed by atoms with E-state index in [9.17, 15) is 9.18 Å². The molecule has 1 saturated heterocycles. The molecule has 0 spiro atoms. The number of carbonyl (C=O) groups is 1. The number of H-pyrrole nitrogens is 1. The van der Waals surface area contributed by atoms with Crippen LogP contribution in [0, 0.1) is 5.82 Å². The number of carbonyl (C=O) groups excluding carboxylic acids is 1. The maximum Gasteiger partial charge on any atom is 0.230 e. The van der Waals surface area contributed by atoms with Crippen LogP contribution in [-0.4, -0.2) is 56.9 Å². The van der Waals surface area contributed by atoms with E-state index in [4.69, 9.17) is 0 Å². The van der Waals surface area contributed by atoms with Gasteiger partial charge in [0.05, 0.1) is 11.3 Å². The minimum atomic E-state index is -0.351. The predicted octanol–water partition coefficient (Wildman–Crippen LogP) is 2.45. The van der Waals surface area contributed by atoms with Crippen molar-refractivity contribution in [2.75, 3.05) is 18.8 Å². The minimum Gasteiger partial charge on any atom is -0.353 e. The van der Waals surface area contributed by atoms with E-state index in [2.05, 4.69) is 25.4 Å². The Morgan fingerprint density at radius 1 is 1.27 bits per heavy atom. The van der Waals surface area contributed by atoms with Crippen LogP contribution < -0.4 is 5.32 Å². The topological polar surface area (TPSA) is 73.9 Å². The van der Waals surface area contributed by atoms with Crippen LogP contribution in [-0.2, 0) is 4.79 Å². The van der Waals surface area contributed by atoms with Gasteiger partial charge in [-0.25, -0.2) is 9.37 Å². The van der Waals surface area contributed by atoms with Crippen molar-refractivity contribution in [2.45, 2.75) is 42.9 Å². The monoisotopic (exact) mass is 375 g/mol. The third-order valence-electron chi connectivity index (χ3n) is 4.88. The van der Waals surface area contributed by atoms with E-state index in [1.165, 1.54) is 30.7 Å². The van der Waals surface area contributed by atoms with E-state index >= 15 is 0 Å². The molecule has 0 bridgehead atoms. The van der Waals surface area contributed by atoms with Crippen LogP contribution in [0.1, 0.15) is 25.7 Å². The number of nitrogens with zero attached hydrogens (tertiary/aromatic N) is 3. The second-order valence-electron chi connectivity index (χ2n) is 6.84. The van der Waals surface area contributed by atoms with Gasteiger partial charge in [0.2, 0.25) is 11.1 Å². The van der Waals surface area contributed by atoms with Crippen molar-refractivity contribution < 1.29 is 9.18 Å². The molecule has 0 atom stereocenters. The summed E-state index contributed by atoms with van der Waals surface area (Å²) in [5.41, 5.74) is 0.374. The molecule has 2 aliphatic rings. The van der Waals surface area contributed by atoms with Gasteiger partial charge in [0.1, 0.15) is 5.82 Å². The number of rotatable bonds is 6. The summed E-state index contributed by atoms with van der Waals surface area (Å²) in [7, 11) is 0. The summed E-state index contributed by atoms with van der Waals surface area (Å²) in [6, 6.07) is 7.47. The highest BCUT2D eigenvalue weighted by Gasteiger charge is 2.32.